The zero-order valence-corrected chi connectivity index (χ0v) is 11.4. The summed E-state index contributed by atoms with van der Waals surface area (Å²) in [4.78, 5) is 23.0. The minimum Gasteiger partial charge on any atom is -0.480 e. The molecule has 2 N–H and O–H groups in total. The smallest absolute Gasteiger partial charge is 0.328 e. The molecule has 18 heavy (non-hydrogen) atoms. The minimum atomic E-state index is -1.06. The van der Waals surface area contributed by atoms with E-state index in [0.29, 0.717) is 0 Å². The molecule has 0 heterocycles. The third-order valence-corrected chi connectivity index (χ3v) is 3.52. The Morgan fingerprint density at radius 3 is 2.67 bits per heavy atom. The zero-order valence-electron chi connectivity index (χ0n) is 11.4. The molecule has 1 rings (SSSR count). The summed E-state index contributed by atoms with van der Waals surface area (Å²) in [6.45, 7) is 4.30. The number of amides is 1. The Hall–Kier alpha value is -1.10. The number of nitrogens with one attached hydrogen (secondary N) is 1. The van der Waals surface area contributed by atoms with E-state index in [4.69, 9.17) is 9.84 Å². The molecule has 5 heteroatoms. The summed E-state index contributed by atoms with van der Waals surface area (Å²) < 4.78 is 4.80. The molecule has 104 valence electrons. The first-order valence-electron chi connectivity index (χ1n) is 6.38. The van der Waals surface area contributed by atoms with Gasteiger partial charge < -0.3 is 15.2 Å². The Morgan fingerprint density at radius 1 is 1.50 bits per heavy atom. The fourth-order valence-electron chi connectivity index (χ4n) is 2.55. The van der Waals surface area contributed by atoms with Gasteiger partial charge in [0.25, 0.3) is 0 Å². The van der Waals surface area contributed by atoms with E-state index < -0.39 is 12.0 Å². The number of carbonyl (C=O) groups is 2. The van der Waals surface area contributed by atoms with Crippen LogP contribution in [0, 0.1) is 11.3 Å². The number of methoxy groups -OCH3 is 1. The number of hydrogen-bond donors (Lipinski definition) is 2. The lowest BCUT2D eigenvalue weighted by Gasteiger charge is -2.34. The molecule has 1 saturated carbocycles. The first kappa shape index (κ1) is 15.0. The fraction of sp³-hybridized carbons (Fsp3) is 0.846. The van der Waals surface area contributed by atoms with Gasteiger partial charge in [0.1, 0.15) is 0 Å². The Kier molecular flexibility index (Phi) is 5.14. The molecule has 5 nitrogen and oxygen atoms in total. The van der Waals surface area contributed by atoms with Crippen molar-refractivity contribution in [2.24, 2.45) is 11.3 Å². The molecule has 2 unspecified atom stereocenters. The number of carboxylic acid groups (broad SMARTS) is 1. The van der Waals surface area contributed by atoms with Crippen LogP contribution in [0.1, 0.15) is 39.5 Å². The van der Waals surface area contributed by atoms with Crippen molar-refractivity contribution in [2.45, 2.75) is 45.6 Å². The summed E-state index contributed by atoms with van der Waals surface area (Å²) in [6, 6.07) is -0.951. The second-order valence-corrected chi connectivity index (χ2v) is 5.81. The maximum absolute atomic E-state index is 12.0. The molecule has 0 bridgehead atoms. The highest BCUT2D eigenvalue weighted by molar-refractivity contribution is 5.85. The zero-order chi connectivity index (χ0) is 13.8. The van der Waals surface area contributed by atoms with Gasteiger partial charge in [-0.15, -0.1) is 0 Å². The van der Waals surface area contributed by atoms with Gasteiger partial charge in [0, 0.05) is 13.0 Å². The third-order valence-electron chi connectivity index (χ3n) is 3.52. The molecule has 0 aromatic heterocycles. The van der Waals surface area contributed by atoms with Gasteiger partial charge in [-0.1, -0.05) is 20.3 Å². The molecule has 0 saturated heterocycles. The normalized spacial score (nSPS) is 24.3. The lowest BCUT2D eigenvalue weighted by atomic mass is 9.72. The van der Waals surface area contributed by atoms with Crippen molar-refractivity contribution in [3.8, 4) is 0 Å². The highest BCUT2D eigenvalue weighted by atomic mass is 16.5. The van der Waals surface area contributed by atoms with Crippen molar-refractivity contribution in [3.63, 3.8) is 0 Å². The van der Waals surface area contributed by atoms with Crippen LogP contribution in [-0.2, 0) is 14.3 Å². The van der Waals surface area contributed by atoms with Crippen LogP contribution in [0.2, 0.25) is 0 Å². The number of ether oxygens (including phenoxy) is 1. The van der Waals surface area contributed by atoms with E-state index in [0.717, 1.165) is 25.7 Å². The molecular formula is C13H23NO4. The summed E-state index contributed by atoms with van der Waals surface area (Å²) in [5.74, 6) is -1.29. The molecule has 1 fully saturated rings. The molecule has 1 aliphatic rings. The molecule has 0 aromatic rings. The van der Waals surface area contributed by atoms with Gasteiger partial charge in [0.15, 0.2) is 6.04 Å². The van der Waals surface area contributed by atoms with Crippen molar-refractivity contribution in [2.75, 3.05) is 13.7 Å². The van der Waals surface area contributed by atoms with E-state index in [9.17, 15) is 9.59 Å². The van der Waals surface area contributed by atoms with Crippen LogP contribution in [0.25, 0.3) is 0 Å². The van der Waals surface area contributed by atoms with Crippen LogP contribution in [-0.4, -0.2) is 36.7 Å². The Bertz CT molecular complexity index is 314. The van der Waals surface area contributed by atoms with Crippen molar-refractivity contribution < 1.29 is 19.4 Å². The van der Waals surface area contributed by atoms with Crippen molar-refractivity contribution >= 4 is 11.9 Å². The number of hydrogen-bond acceptors (Lipinski definition) is 3. The van der Waals surface area contributed by atoms with Crippen LogP contribution in [0.3, 0.4) is 0 Å². The quantitative estimate of drug-likeness (QED) is 0.781. The summed E-state index contributed by atoms with van der Waals surface area (Å²) in [5.41, 5.74) is 0.167. The van der Waals surface area contributed by atoms with Crippen LogP contribution in [0.15, 0.2) is 0 Å². The van der Waals surface area contributed by atoms with E-state index in [1.165, 1.54) is 7.11 Å². The van der Waals surface area contributed by atoms with E-state index >= 15 is 0 Å². The molecular weight excluding hydrogens is 234 g/mol. The first-order valence-corrected chi connectivity index (χ1v) is 6.38. The third kappa shape index (κ3) is 4.29. The maximum atomic E-state index is 12.0. The topological polar surface area (TPSA) is 75.6 Å². The van der Waals surface area contributed by atoms with Crippen molar-refractivity contribution in [1.29, 1.82) is 0 Å². The Morgan fingerprint density at radius 2 is 2.17 bits per heavy atom. The number of carbonyl (C=O) groups excluding carboxylic acids is 1. The van der Waals surface area contributed by atoms with E-state index in [1.807, 2.05) is 0 Å². The highest BCUT2D eigenvalue weighted by Crippen LogP contribution is 2.38. The lowest BCUT2D eigenvalue weighted by Crippen LogP contribution is -2.47. The van der Waals surface area contributed by atoms with Crippen LogP contribution >= 0.6 is 0 Å². The monoisotopic (exact) mass is 257 g/mol. The minimum absolute atomic E-state index is 0.00279. The van der Waals surface area contributed by atoms with Crippen LogP contribution in [0.4, 0.5) is 0 Å². The van der Waals surface area contributed by atoms with Gasteiger partial charge in [0.05, 0.1) is 6.61 Å². The van der Waals surface area contributed by atoms with Gasteiger partial charge in [-0.2, -0.15) is 0 Å². The number of aliphatic carboxylic acids is 1. The summed E-state index contributed by atoms with van der Waals surface area (Å²) >= 11 is 0. The predicted octanol–water partition coefficient (Wildman–Crippen LogP) is 1.42. The number of carboxylic acids is 1. The van der Waals surface area contributed by atoms with Gasteiger partial charge in [-0.25, -0.2) is 4.79 Å². The second kappa shape index (κ2) is 6.18. The molecule has 0 spiro atoms. The van der Waals surface area contributed by atoms with Gasteiger partial charge in [-0.05, 0) is 24.7 Å². The molecule has 1 amide bonds. The molecule has 0 aromatic carbocycles. The van der Waals surface area contributed by atoms with Crippen LogP contribution < -0.4 is 5.32 Å². The van der Waals surface area contributed by atoms with Gasteiger partial charge in [0.2, 0.25) is 5.91 Å². The largest absolute Gasteiger partial charge is 0.480 e. The maximum Gasteiger partial charge on any atom is 0.328 e. The van der Waals surface area contributed by atoms with E-state index in [2.05, 4.69) is 19.2 Å². The fourth-order valence-corrected chi connectivity index (χ4v) is 2.55. The SMILES string of the molecule is COCC(NC(=O)C1CCCC(C)(C)C1)C(=O)O. The van der Waals surface area contributed by atoms with E-state index in [1.54, 1.807) is 0 Å². The average molecular weight is 257 g/mol. The van der Waals surface area contributed by atoms with E-state index in [-0.39, 0.29) is 23.8 Å². The molecule has 1 aliphatic carbocycles. The Labute approximate surface area is 108 Å². The molecule has 0 aliphatic heterocycles. The van der Waals surface area contributed by atoms with Gasteiger partial charge in [-0.3, -0.25) is 4.79 Å². The predicted molar refractivity (Wildman–Crippen MR) is 67.2 cm³/mol. The lowest BCUT2D eigenvalue weighted by molar-refractivity contribution is -0.144. The summed E-state index contributed by atoms with van der Waals surface area (Å²) in [7, 11) is 1.42. The average Bonchev–Trinajstić information content (AvgIpc) is 2.26. The highest BCUT2D eigenvalue weighted by Gasteiger charge is 2.33. The standard InChI is InChI=1S/C13H23NO4/c1-13(2)6-4-5-9(7-13)11(15)14-10(8-18-3)12(16)17/h9-10H,4-8H2,1-3H3,(H,14,15)(H,16,17). The van der Waals surface area contributed by atoms with Crippen molar-refractivity contribution in [3.05, 3.63) is 0 Å². The first-order chi connectivity index (χ1) is 8.35. The second-order valence-electron chi connectivity index (χ2n) is 5.81. The van der Waals surface area contributed by atoms with Gasteiger partial charge >= 0.3 is 5.97 Å². The Balaban J connectivity index is 2.55. The molecule has 0 radical (unpaired) electrons. The summed E-state index contributed by atoms with van der Waals surface area (Å²) in [5, 5.41) is 11.5. The molecule has 2 atom stereocenters. The van der Waals surface area contributed by atoms with Crippen molar-refractivity contribution in [1.82, 2.24) is 5.32 Å². The number of rotatable bonds is 5. The van der Waals surface area contributed by atoms with Crippen LogP contribution in [0.5, 0.6) is 0 Å². The summed E-state index contributed by atoms with van der Waals surface area (Å²) in [6.07, 6.45) is 3.80.